The summed E-state index contributed by atoms with van der Waals surface area (Å²) in [6.45, 7) is 0.384. The molecule has 1 heterocycles. The van der Waals surface area contributed by atoms with E-state index in [4.69, 9.17) is 11.6 Å². The summed E-state index contributed by atoms with van der Waals surface area (Å²) in [5.41, 5.74) is -0.0785. The van der Waals surface area contributed by atoms with Crippen LogP contribution in [-0.4, -0.2) is 9.55 Å². The number of halogens is 4. The second kappa shape index (κ2) is 5.13. The Kier molecular flexibility index (Phi) is 3.71. The van der Waals surface area contributed by atoms with Crippen molar-refractivity contribution >= 4 is 17.3 Å². The van der Waals surface area contributed by atoms with Gasteiger partial charge in [-0.05, 0) is 24.3 Å². The molecular formula is C12H11ClF3N3. The molecule has 2 rings (SSSR count). The molecule has 0 fully saturated rings. The highest BCUT2D eigenvalue weighted by molar-refractivity contribution is 6.29. The third-order valence-electron chi connectivity index (χ3n) is 2.69. The maximum absolute atomic E-state index is 12.4. The van der Waals surface area contributed by atoms with E-state index in [1.165, 1.54) is 18.3 Å². The second-order valence-electron chi connectivity index (χ2n) is 3.98. The van der Waals surface area contributed by atoms with Crippen molar-refractivity contribution in [1.82, 2.24) is 9.55 Å². The summed E-state index contributed by atoms with van der Waals surface area (Å²) in [6, 6.07) is 4.84. The van der Waals surface area contributed by atoms with Crippen LogP contribution in [0.5, 0.6) is 0 Å². The molecule has 102 valence electrons. The molecule has 0 aliphatic heterocycles. The number of alkyl halides is 3. The zero-order chi connectivity index (χ0) is 14.0. The number of hydrogen-bond acceptors (Lipinski definition) is 2. The van der Waals surface area contributed by atoms with Crippen molar-refractivity contribution in [2.24, 2.45) is 7.05 Å². The molecule has 1 aromatic carbocycles. The SMILES string of the molecule is Cn1c(Cl)cnc1CNc1ccc(C(F)(F)F)cc1. The molecule has 2 aromatic rings. The molecule has 0 spiro atoms. The van der Waals surface area contributed by atoms with Gasteiger partial charge in [-0.25, -0.2) is 4.98 Å². The second-order valence-corrected chi connectivity index (χ2v) is 4.37. The Bertz CT molecular complexity index is 561. The first-order valence-corrected chi connectivity index (χ1v) is 5.83. The molecule has 1 aromatic heterocycles. The van der Waals surface area contributed by atoms with E-state index in [1.54, 1.807) is 11.6 Å². The predicted octanol–water partition coefficient (Wildman–Crippen LogP) is 3.70. The molecule has 1 N–H and O–H groups in total. The molecule has 3 nitrogen and oxygen atoms in total. The van der Waals surface area contributed by atoms with Crippen LogP contribution in [0.15, 0.2) is 30.5 Å². The minimum absolute atomic E-state index is 0.384. The van der Waals surface area contributed by atoms with Gasteiger partial charge in [0.15, 0.2) is 0 Å². The molecule has 0 radical (unpaired) electrons. The maximum Gasteiger partial charge on any atom is 0.416 e. The number of benzene rings is 1. The summed E-state index contributed by atoms with van der Waals surface area (Å²) in [5, 5.41) is 3.49. The van der Waals surface area contributed by atoms with E-state index in [-0.39, 0.29) is 0 Å². The zero-order valence-electron chi connectivity index (χ0n) is 10.0. The van der Waals surface area contributed by atoms with Gasteiger partial charge >= 0.3 is 6.18 Å². The Morgan fingerprint density at radius 3 is 2.37 bits per heavy atom. The van der Waals surface area contributed by atoms with E-state index in [1.807, 2.05) is 0 Å². The number of aromatic nitrogens is 2. The molecule has 0 amide bonds. The molecular weight excluding hydrogens is 279 g/mol. The molecule has 0 saturated heterocycles. The van der Waals surface area contributed by atoms with Crippen molar-refractivity contribution in [2.75, 3.05) is 5.32 Å². The lowest BCUT2D eigenvalue weighted by molar-refractivity contribution is -0.137. The Morgan fingerprint density at radius 1 is 1.26 bits per heavy atom. The van der Waals surface area contributed by atoms with Gasteiger partial charge in [0.05, 0.1) is 18.3 Å². The number of imidazole rings is 1. The average Bonchev–Trinajstić information content (AvgIpc) is 2.67. The fourth-order valence-corrected chi connectivity index (χ4v) is 1.69. The van der Waals surface area contributed by atoms with Crippen LogP contribution in [-0.2, 0) is 19.8 Å². The lowest BCUT2D eigenvalue weighted by atomic mass is 10.2. The number of nitrogens with one attached hydrogen (secondary N) is 1. The molecule has 0 saturated carbocycles. The molecule has 0 aliphatic rings. The fraction of sp³-hybridized carbons (Fsp3) is 0.250. The first-order chi connectivity index (χ1) is 8.88. The van der Waals surface area contributed by atoms with Crippen molar-refractivity contribution in [2.45, 2.75) is 12.7 Å². The highest BCUT2D eigenvalue weighted by Crippen LogP contribution is 2.29. The number of rotatable bonds is 3. The van der Waals surface area contributed by atoms with Crippen LogP contribution in [0.2, 0.25) is 5.15 Å². The van der Waals surface area contributed by atoms with Crippen LogP contribution >= 0.6 is 11.6 Å². The normalized spacial score (nSPS) is 11.6. The lowest BCUT2D eigenvalue weighted by Gasteiger charge is -2.09. The van der Waals surface area contributed by atoms with Gasteiger partial charge in [-0.1, -0.05) is 11.6 Å². The minimum Gasteiger partial charge on any atom is -0.378 e. The largest absolute Gasteiger partial charge is 0.416 e. The van der Waals surface area contributed by atoms with Crippen molar-refractivity contribution in [3.63, 3.8) is 0 Å². The Balaban J connectivity index is 2.03. The first-order valence-electron chi connectivity index (χ1n) is 5.45. The van der Waals surface area contributed by atoms with E-state index in [9.17, 15) is 13.2 Å². The lowest BCUT2D eigenvalue weighted by Crippen LogP contribution is -2.07. The van der Waals surface area contributed by atoms with Gasteiger partial charge in [0.2, 0.25) is 0 Å². The van der Waals surface area contributed by atoms with Gasteiger partial charge in [0.25, 0.3) is 0 Å². The summed E-state index contributed by atoms with van der Waals surface area (Å²) >= 11 is 5.83. The van der Waals surface area contributed by atoms with Crippen LogP contribution in [0.25, 0.3) is 0 Å². The first kappa shape index (κ1) is 13.7. The smallest absolute Gasteiger partial charge is 0.378 e. The third-order valence-corrected chi connectivity index (χ3v) is 3.04. The summed E-state index contributed by atoms with van der Waals surface area (Å²) in [5.74, 6) is 0.699. The Labute approximate surface area is 113 Å². The summed E-state index contributed by atoms with van der Waals surface area (Å²) in [7, 11) is 1.76. The van der Waals surface area contributed by atoms with Crippen LogP contribution in [0.3, 0.4) is 0 Å². The van der Waals surface area contributed by atoms with Crippen molar-refractivity contribution in [1.29, 1.82) is 0 Å². The van der Waals surface area contributed by atoms with Crippen molar-refractivity contribution in [3.05, 3.63) is 47.0 Å². The van der Waals surface area contributed by atoms with Gasteiger partial charge in [-0.15, -0.1) is 0 Å². The topological polar surface area (TPSA) is 29.9 Å². The van der Waals surface area contributed by atoms with E-state index >= 15 is 0 Å². The van der Waals surface area contributed by atoms with E-state index in [2.05, 4.69) is 10.3 Å². The molecule has 0 unspecified atom stereocenters. The molecule has 0 bridgehead atoms. The highest BCUT2D eigenvalue weighted by Gasteiger charge is 2.29. The maximum atomic E-state index is 12.4. The van der Waals surface area contributed by atoms with E-state index < -0.39 is 11.7 Å². The molecule has 19 heavy (non-hydrogen) atoms. The minimum atomic E-state index is -4.31. The summed E-state index contributed by atoms with van der Waals surface area (Å²) in [4.78, 5) is 4.08. The zero-order valence-corrected chi connectivity index (χ0v) is 10.8. The number of nitrogens with zero attached hydrogens (tertiary/aromatic N) is 2. The van der Waals surface area contributed by atoms with Crippen LogP contribution in [0.4, 0.5) is 18.9 Å². The van der Waals surface area contributed by atoms with Gasteiger partial charge in [0.1, 0.15) is 11.0 Å². The average molecular weight is 290 g/mol. The molecule has 7 heteroatoms. The fourth-order valence-electron chi connectivity index (χ4n) is 1.55. The Hall–Kier alpha value is -1.69. The van der Waals surface area contributed by atoms with Crippen molar-refractivity contribution in [3.8, 4) is 0 Å². The van der Waals surface area contributed by atoms with E-state index in [0.29, 0.717) is 23.2 Å². The van der Waals surface area contributed by atoms with Crippen LogP contribution in [0, 0.1) is 0 Å². The highest BCUT2D eigenvalue weighted by atomic mass is 35.5. The van der Waals surface area contributed by atoms with Gasteiger partial charge in [-0.3, -0.25) is 0 Å². The van der Waals surface area contributed by atoms with Crippen LogP contribution < -0.4 is 5.32 Å². The van der Waals surface area contributed by atoms with Gasteiger partial charge < -0.3 is 9.88 Å². The number of hydrogen-bond donors (Lipinski definition) is 1. The van der Waals surface area contributed by atoms with E-state index in [0.717, 1.165) is 12.1 Å². The van der Waals surface area contributed by atoms with Crippen molar-refractivity contribution < 1.29 is 13.2 Å². The Morgan fingerprint density at radius 2 is 1.89 bits per heavy atom. The summed E-state index contributed by atoms with van der Waals surface area (Å²) in [6.07, 6.45) is -2.79. The molecule has 0 aliphatic carbocycles. The molecule has 0 atom stereocenters. The van der Waals surface area contributed by atoms with Gasteiger partial charge in [-0.2, -0.15) is 13.2 Å². The third kappa shape index (κ3) is 3.20. The van der Waals surface area contributed by atoms with Gasteiger partial charge in [0, 0.05) is 12.7 Å². The number of anilines is 1. The van der Waals surface area contributed by atoms with Crippen LogP contribution in [0.1, 0.15) is 11.4 Å². The predicted molar refractivity (Wildman–Crippen MR) is 67.0 cm³/mol. The summed E-state index contributed by atoms with van der Waals surface area (Å²) < 4.78 is 38.8. The monoisotopic (exact) mass is 289 g/mol. The quantitative estimate of drug-likeness (QED) is 0.933. The standard InChI is InChI=1S/C12H11ClF3N3/c1-19-10(13)6-18-11(19)7-17-9-4-2-8(3-5-9)12(14,15)16/h2-6,17H,7H2,1H3.